The van der Waals surface area contributed by atoms with Crippen LogP contribution in [0.1, 0.15) is 62.2 Å². The van der Waals surface area contributed by atoms with E-state index in [1.165, 1.54) is 38.5 Å². The molecule has 1 aromatic heterocycles. The highest BCUT2D eigenvalue weighted by molar-refractivity contribution is 5.93. The number of aromatic nitrogens is 2. The van der Waals surface area contributed by atoms with E-state index >= 15 is 0 Å². The SMILES string of the molecule is CCC(NC(=O)c1cnn(C)c1)C12CC3CC(CC(C3)C1)C2. The van der Waals surface area contributed by atoms with Crippen molar-refractivity contribution in [3.05, 3.63) is 18.0 Å². The molecule has 4 heteroatoms. The van der Waals surface area contributed by atoms with E-state index in [1.807, 2.05) is 13.2 Å². The Morgan fingerprint density at radius 3 is 2.36 bits per heavy atom. The van der Waals surface area contributed by atoms with Gasteiger partial charge in [0.05, 0.1) is 11.8 Å². The Hall–Kier alpha value is -1.32. The second kappa shape index (κ2) is 5.10. The van der Waals surface area contributed by atoms with E-state index in [1.54, 1.807) is 10.9 Å². The third-order valence-corrected chi connectivity index (χ3v) is 6.51. The molecule has 0 aromatic carbocycles. The highest BCUT2D eigenvalue weighted by Gasteiger charge is 2.54. The highest BCUT2D eigenvalue weighted by atomic mass is 16.1. The van der Waals surface area contributed by atoms with Crippen molar-refractivity contribution < 1.29 is 4.79 Å². The van der Waals surface area contributed by atoms with Crippen molar-refractivity contribution in [3.8, 4) is 0 Å². The van der Waals surface area contributed by atoms with Crippen molar-refractivity contribution in [3.63, 3.8) is 0 Å². The molecule has 1 heterocycles. The summed E-state index contributed by atoms with van der Waals surface area (Å²) in [5.41, 5.74) is 1.06. The Morgan fingerprint density at radius 2 is 1.91 bits per heavy atom. The van der Waals surface area contributed by atoms with Crippen molar-refractivity contribution in [1.82, 2.24) is 15.1 Å². The Kier molecular flexibility index (Phi) is 3.31. The van der Waals surface area contributed by atoms with Gasteiger partial charge in [-0.25, -0.2) is 0 Å². The van der Waals surface area contributed by atoms with Crippen LogP contribution in [0.2, 0.25) is 0 Å². The minimum absolute atomic E-state index is 0.0516. The molecule has 1 N–H and O–H groups in total. The Labute approximate surface area is 132 Å². The molecule has 1 unspecified atom stereocenters. The van der Waals surface area contributed by atoms with Crippen LogP contribution in [0.15, 0.2) is 12.4 Å². The molecule has 1 aromatic rings. The standard InChI is InChI=1S/C18H27N3O/c1-3-16(20-17(22)15-10-19-21(2)11-15)18-7-12-4-13(8-18)6-14(5-12)9-18/h10-14,16H,3-9H2,1-2H3,(H,20,22). The topological polar surface area (TPSA) is 46.9 Å². The summed E-state index contributed by atoms with van der Waals surface area (Å²) in [4.78, 5) is 12.6. The maximum Gasteiger partial charge on any atom is 0.254 e. The largest absolute Gasteiger partial charge is 0.349 e. The maximum absolute atomic E-state index is 12.6. The van der Waals surface area contributed by atoms with Crippen LogP contribution in [0.4, 0.5) is 0 Å². The third kappa shape index (κ3) is 2.27. The summed E-state index contributed by atoms with van der Waals surface area (Å²) in [6, 6.07) is 0.327. The number of rotatable bonds is 4. The first-order valence-electron chi connectivity index (χ1n) is 8.87. The normalized spacial score (nSPS) is 37.3. The van der Waals surface area contributed by atoms with Crippen LogP contribution in [0, 0.1) is 23.2 Å². The number of carbonyl (C=O) groups excluding carboxylic acids is 1. The minimum atomic E-state index is 0.0516. The number of hydrogen-bond acceptors (Lipinski definition) is 2. The van der Waals surface area contributed by atoms with Crippen LogP contribution in [-0.2, 0) is 7.05 Å². The molecule has 1 atom stereocenters. The van der Waals surface area contributed by atoms with Gasteiger partial charge in [0.1, 0.15) is 0 Å². The summed E-state index contributed by atoms with van der Waals surface area (Å²) < 4.78 is 1.70. The molecular formula is C18H27N3O. The van der Waals surface area contributed by atoms with Crippen LogP contribution in [-0.4, -0.2) is 21.7 Å². The average molecular weight is 301 g/mol. The second-order valence-electron chi connectivity index (χ2n) is 8.12. The first-order valence-corrected chi connectivity index (χ1v) is 8.87. The smallest absolute Gasteiger partial charge is 0.254 e. The fraction of sp³-hybridized carbons (Fsp3) is 0.778. The Bertz CT molecular complexity index is 541. The lowest BCUT2D eigenvalue weighted by atomic mass is 9.47. The zero-order valence-electron chi connectivity index (χ0n) is 13.7. The van der Waals surface area contributed by atoms with Gasteiger partial charge in [0, 0.05) is 19.3 Å². The van der Waals surface area contributed by atoms with Crippen molar-refractivity contribution >= 4 is 5.91 Å². The molecule has 4 saturated carbocycles. The molecule has 4 nitrogen and oxygen atoms in total. The average Bonchev–Trinajstić information content (AvgIpc) is 2.89. The molecular weight excluding hydrogens is 274 g/mol. The van der Waals surface area contributed by atoms with E-state index in [0.717, 1.165) is 24.2 Å². The number of hydrogen-bond donors (Lipinski definition) is 1. The van der Waals surface area contributed by atoms with Gasteiger partial charge in [0.25, 0.3) is 5.91 Å². The van der Waals surface area contributed by atoms with Crippen molar-refractivity contribution in [1.29, 1.82) is 0 Å². The summed E-state index contributed by atoms with van der Waals surface area (Å²) >= 11 is 0. The van der Waals surface area contributed by atoms with Crippen LogP contribution in [0.25, 0.3) is 0 Å². The second-order valence-corrected chi connectivity index (χ2v) is 8.12. The zero-order chi connectivity index (χ0) is 15.3. The lowest BCUT2D eigenvalue weighted by Crippen LogP contribution is -2.56. The van der Waals surface area contributed by atoms with Crippen LogP contribution >= 0.6 is 0 Å². The van der Waals surface area contributed by atoms with E-state index in [-0.39, 0.29) is 5.91 Å². The molecule has 4 aliphatic rings. The molecule has 120 valence electrons. The molecule has 4 bridgehead atoms. The predicted molar refractivity (Wildman–Crippen MR) is 85.4 cm³/mol. The van der Waals surface area contributed by atoms with E-state index in [0.29, 0.717) is 17.0 Å². The summed E-state index contributed by atoms with van der Waals surface area (Å²) in [6.45, 7) is 2.23. The lowest BCUT2D eigenvalue weighted by molar-refractivity contribution is -0.0727. The quantitative estimate of drug-likeness (QED) is 0.928. The molecule has 4 fully saturated rings. The third-order valence-electron chi connectivity index (χ3n) is 6.51. The Morgan fingerprint density at radius 1 is 1.32 bits per heavy atom. The van der Waals surface area contributed by atoms with E-state index in [4.69, 9.17) is 0 Å². The summed E-state index contributed by atoms with van der Waals surface area (Å²) in [5.74, 6) is 2.83. The zero-order valence-corrected chi connectivity index (χ0v) is 13.7. The molecule has 5 rings (SSSR count). The van der Waals surface area contributed by atoms with Crippen molar-refractivity contribution in [2.45, 2.75) is 57.9 Å². The van der Waals surface area contributed by atoms with Crippen molar-refractivity contribution in [2.75, 3.05) is 0 Å². The summed E-state index contributed by atoms with van der Waals surface area (Å²) in [6.07, 6.45) is 12.9. The molecule has 0 aliphatic heterocycles. The fourth-order valence-electron chi connectivity index (χ4n) is 6.07. The van der Waals surface area contributed by atoms with Crippen LogP contribution in [0.5, 0.6) is 0 Å². The van der Waals surface area contributed by atoms with Gasteiger partial charge in [-0.1, -0.05) is 6.92 Å². The number of nitrogens with zero attached hydrogens (tertiary/aromatic N) is 2. The van der Waals surface area contributed by atoms with Gasteiger partial charge < -0.3 is 5.32 Å². The fourth-order valence-corrected chi connectivity index (χ4v) is 6.07. The predicted octanol–water partition coefficient (Wildman–Crippen LogP) is 3.14. The Balaban J connectivity index is 1.53. The monoisotopic (exact) mass is 301 g/mol. The highest BCUT2D eigenvalue weighted by Crippen LogP contribution is 2.61. The minimum Gasteiger partial charge on any atom is -0.349 e. The molecule has 0 radical (unpaired) electrons. The number of aryl methyl sites for hydroxylation is 1. The van der Waals surface area contributed by atoms with Gasteiger partial charge in [-0.05, 0) is 68.1 Å². The molecule has 1 amide bonds. The van der Waals surface area contributed by atoms with E-state index in [2.05, 4.69) is 17.3 Å². The van der Waals surface area contributed by atoms with E-state index < -0.39 is 0 Å². The summed E-state index contributed by atoms with van der Waals surface area (Å²) in [7, 11) is 1.85. The molecule has 0 saturated heterocycles. The van der Waals surface area contributed by atoms with E-state index in [9.17, 15) is 4.79 Å². The van der Waals surface area contributed by atoms with Crippen LogP contribution < -0.4 is 5.32 Å². The van der Waals surface area contributed by atoms with Gasteiger partial charge in [-0.3, -0.25) is 9.48 Å². The lowest BCUT2D eigenvalue weighted by Gasteiger charge is -2.59. The number of nitrogens with one attached hydrogen (secondary N) is 1. The first kappa shape index (κ1) is 14.3. The molecule has 22 heavy (non-hydrogen) atoms. The van der Waals surface area contributed by atoms with Crippen molar-refractivity contribution in [2.24, 2.45) is 30.2 Å². The van der Waals surface area contributed by atoms with Gasteiger partial charge in [-0.2, -0.15) is 5.10 Å². The number of carbonyl (C=O) groups is 1. The van der Waals surface area contributed by atoms with Gasteiger partial charge in [0.15, 0.2) is 0 Å². The molecule has 0 spiro atoms. The summed E-state index contributed by atoms with van der Waals surface area (Å²) in [5, 5.41) is 7.48. The first-order chi connectivity index (χ1) is 10.6. The van der Waals surface area contributed by atoms with Gasteiger partial charge in [0.2, 0.25) is 0 Å². The van der Waals surface area contributed by atoms with Gasteiger partial charge >= 0.3 is 0 Å². The number of amides is 1. The maximum atomic E-state index is 12.6. The van der Waals surface area contributed by atoms with Crippen LogP contribution in [0.3, 0.4) is 0 Å². The van der Waals surface area contributed by atoms with Gasteiger partial charge in [-0.15, -0.1) is 0 Å². The molecule has 4 aliphatic carbocycles.